The molecule has 9 nitrogen and oxygen atoms in total. The van der Waals surface area contributed by atoms with Gasteiger partial charge < -0.3 is 20.7 Å². The van der Waals surface area contributed by atoms with Gasteiger partial charge in [-0.15, -0.1) is 0 Å². The summed E-state index contributed by atoms with van der Waals surface area (Å²) in [5.74, 6) is -1.64. The third kappa shape index (κ3) is 4.75. The van der Waals surface area contributed by atoms with Gasteiger partial charge in [-0.05, 0) is 23.8 Å². The van der Waals surface area contributed by atoms with Gasteiger partial charge in [0.2, 0.25) is 5.91 Å². The normalized spacial score (nSPS) is 15.6. The summed E-state index contributed by atoms with van der Waals surface area (Å²) in [4.78, 5) is 42.6. The Morgan fingerprint density at radius 3 is 2.85 bits per heavy atom. The number of hydrogen-bond acceptors (Lipinski definition) is 6. The fourth-order valence-electron chi connectivity index (χ4n) is 2.40. The van der Waals surface area contributed by atoms with Crippen molar-refractivity contribution in [3.63, 3.8) is 0 Å². The molecular formula is C17H16FN5O4. The highest BCUT2D eigenvalue weighted by atomic mass is 19.1. The zero-order chi connectivity index (χ0) is 19.2. The molecule has 2 aromatic heterocycles. The van der Waals surface area contributed by atoms with Crippen LogP contribution in [-0.2, 0) is 22.6 Å². The van der Waals surface area contributed by atoms with Crippen LogP contribution in [0.15, 0.2) is 36.8 Å². The van der Waals surface area contributed by atoms with Crippen LogP contribution in [0, 0.1) is 5.82 Å². The van der Waals surface area contributed by atoms with E-state index in [1.54, 1.807) is 12.1 Å². The number of nitrogens with zero attached hydrogens (tertiary/aromatic N) is 2. The van der Waals surface area contributed by atoms with Gasteiger partial charge in [-0.1, -0.05) is 0 Å². The second kappa shape index (κ2) is 8.21. The highest BCUT2D eigenvalue weighted by Crippen LogP contribution is 2.06. The molecule has 3 amide bonds. The van der Waals surface area contributed by atoms with Gasteiger partial charge >= 0.3 is 6.09 Å². The van der Waals surface area contributed by atoms with Crippen molar-refractivity contribution in [2.24, 2.45) is 0 Å². The van der Waals surface area contributed by atoms with Crippen LogP contribution in [0.2, 0.25) is 0 Å². The summed E-state index contributed by atoms with van der Waals surface area (Å²) in [5, 5.41) is 7.64. The summed E-state index contributed by atoms with van der Waals surface area (Å²) in [6.45, 7) is 0.298. The van der Waals surface area contributed by atoms with E-state index >= 15 is 0 Å². The molecule has 1 fully saturated rings. The van der Waals surface area contributed by atoms with E-state index in [0.29, 0.717) is 5.69 Å². The number of ether oxygens (including phenoxy) is 1. The minimum Gasteiger partial charge on any atom is -0.447 e. The number of carbonyl (C=O) groups is 3. The van der Waals surface area contributed by atoms with Crippen LogP contribution in [0.3, 0.4) is 0 Å². The Labute approximate surface area is 153 Å². The summed E-state index contributed by atoms with van der Waals surface area (Å²) in [6, 6.07) is 3.98. The second-order valence-corrected chi connectivity index (χ2v) is 5.71. The van der Waals surface area contributed by atoms with Gasteiger partial charge in [-0.2, -0.15) is 0 Å². The Morgan fingerprint density at radius 2 is 2.11 bits per heavy atom. The largest absolute Gasteiger partial charge is 0.447 e. The van der Waals surface area contributed by atoms with Crippen LogP contribution in [0.4, 0.5) is 9.18 Å². The Hall–Kier alpha value is -3.56. The molecule has 1 aliphatic heterocycles. The lowest BCUT2D eigenvalue weighted by molar-refractivity contribution is -0.123. The van der Waals surface area contributed by atoms with Crippen LogP contribution >= 0.6 is 0 Å². The van der Waals surface area contributed by atoms with E-state index in [1.165, 1.54) is 18.5 Å². The predicted octanol–water partition coefficient (Wildman–Crippen LogP) is 0.270. The highest BCUT2D eigenvalue weighted by molar-refractivity contribution is 5.94. The monoisotopic (exact) mass is 373 g/mol. The summed E-state index contributed by atoms with van der Waals surface area (Å²) in [7, 11) is 0. The van der Waals surface area contributed by atoms with E-state index in [9.17, 15) is 18.8 Å². The van der Waals surface area contributed by atoms with Crippen molar-refractivity contribution in [3.05, 3.63) is 59.4 Å². The number of rotatable bonds is 6. The number of hydrogen-bond donors (Lipinski definition) is 3. The number of aromatic nitrogens is 2. The Kier molecular flexibility index (Phi) is 5.55. The molecule has 0 aliphatic carbocycles. The zero-order valence-electron chi connectivity index (χ0n) is 14.1. The molecule has 0 aromatic carbocycles. The van der Waals surface area contributed by atoms with Crippen molar-refractivity contribution < 1.29 is 23.5 Å². The summed E-state index contributed by atoms with van der Waals surface area (Å²) >= 11 is 0. The van der Waals surface area contributed by atoms with Crippen LogP contribution in [0.5, 0.6) is 0 Å². The fourth-order valence-corrected chi connectivity index (χ4v) is 2.40. The quantitative estimate of drug-likeness (QED) is 0.668. The first-order chi connectivity index (χ1) is 13.0. The molecule has 140 valence electrons. The van der Waals surface area contributed by atoms with E-state index in [0.717, 1.165) is 11.8 Å². The standard InChI is InChI=1S/C17H16FN5O4/c18-13-8-19-3-2-12(13)15(24)22-7-11-5-10(1-4-20-11)6-21-16(25)14-9-27-17(26)23-14/h1-5,8,14H,6-7,9H2,(H,21,25)(H,22,24)(H,23,26)/t14-/m0/s1. The van der Waals surface area contributed by atoms with Gasteiger partial charge in [0.1, 0.15) is 12.6 Å². The van der Waals surface area contributed by atoms with E-state index in [2.05, 4.69) is 30.7 Å². The third-order valence-corrected chi connectivity index (χ3v) is 3.78. The zero-order valence-corrected chi connectivity index (χ0v) is 14.1. The summed E-state index contributed by atoms with van der Waals surface area (Å²) < 4.78 is 18.2. The number of nitrogens with one attached hydrogen (secondary N) is 3. The van der Waals surface area contributed by atoms with Gasteiger partial charge in [0.15, 0.2) is 5.82 Å². The van der Waals surface area contributed by atoms with E-state index < -0.39 is 23.9 Å². The van der Waals surface area contributed by atoms with Gasteiger partial charge in [-0.25, -0.2) is 9.18 Å². The van der Waals surface area contributed by atoms with E-state index in [1.807, 2.05) is 0 Å². The van der Waals surface area contributed by atoms with Crippen molar-refractivity contribution in [1.82, 2.24) is 25.9 Å². The smallest absolute Gasteiger partial charge is 0.407 e. The molecule has 27 heavy (non-hydrogen) atoms. The minimum absolute atomic E-state index is 0.0101. The SMILES string of the molecule is O=C1N[C@H](C(=O)NCc2ccnc(CNC(=O)c3ccncc3F)c2)CO1. The Bertz CT molecular complexity index is 876. The average Bonchev–Trinajstić information content (AvgIpc) is 3.11. The summed E-state index contributed by atoms with van der Waals surface area (Å²) in [5.41, 5.74) is 1.19. The molecule has 0 saturated carbocycles. The number of pyridine rings is 2. The lowest BCUT2D eigenvalue weighted by Crippen LogP contribution is -2.42. The van der Waals surface area contributed by atoms with Crippen LogP contribution < -0.4 is 16.0 Å². The molecule has 1 aliphatic rings. The third-order valence-electron chi connectivity index (χ3n) is 3.78. The highest BCUT2D eigenvalue weighted by Gasteiger charge is 2.28. The Balaban J connectivity index is 1.53. The molecule has 0 unspecified atom stereocenters. The lowest BCUT2D eigenvalue weighted by Gasteiger charge is -2.10. The van der Waals surface area contributed by atoms with Crippen molar-refractivity contribution >= 4 is 17.9 Å². The molecule has 3 rings (SSSR count). The van der Waals surface area contributed by atoms with Crippen molar-refractivity contribution in [2.75, 3.05) is 6.61 Å². The lowest BCUT2D eigenvalue weighted by atomic mass is 10.2. The summed E-state index contributed by atoms with van der Waals surface area (Å²) in [6.07, 6.45) is 3.21. The molecule has 2 aromatic rings. The molecule has 1 atom stereocenters. The second-order valence-electron chi connectivity index (χ2n) is 5.71. The molecule has 0 bridgehead atoms. The molecule has 3 heterocycles. The van der Waals surface area contributed by atoms with Crippen molar-refractivity contribution in [3.8, 4) is 0 Å². The van der Waals surface area contributed by atoms with Crippen LogP contribution in [0.25, 0.3) is 0 Å². The number of cyclic esters (lactones) is 1. The molecule has 1 saturated heterocycles. The Morgan fingerprint density at radius 1 is 1.26 bits per heavy atom. The fraction of sp³-hybridized carbons (Fsp3) is 0.235. The minimum atomic E-state index is -0.714. The molecule has 0 radical (unpaired) electrons. The van der Waals surface area contributed by atoms with Crippen LogP contribution in [-0.4, -0.2) is 40.5 Å². The van der Waals surface area contributed by atoms with Gasteiger partial charge in [0.25, 0.3) is 5.91 Å². The van der Waals surface area contributed by atoms with Crippen LogP contribution in [0.1, 0.15) is 21.6 Å². The molecular weight excluding hydrogens is 357 g/mol. The first kappa shape index (κ1) is 18.2. The number of amides is 3. The molecule has 0 spiro atoms. The van der Waals surface area contributed by atoms with E-state index in [4.69, 9.17) is 0 Å². The number of carbonyl (C=O) groups excluding carboxylic acids is 3. The molecule has 10 heteroatoms. The molecule has 3 N–H and O–H groups in total. The maximum absolute atomic E-state index is 13.5. The van der Waals surface area contributed by atoms with Crippen molar-refractivity contribution in [1.29, 1.82) is 0 Å². The van der Waals surface area contributed by atoms with Gasteiger partial charge in [-0.3, -0.25) is 19.6 Å². The maximum Gasteiger partial charge on any atom is 0.407 e. The topological polar surface area (TPSA) is 122 Å². The average molecular weight is 373 g/mol. The number of alkyl carbamates (subject to hydrolysis) is 1. The number of halogens is 1. The van der Waals surface area contributed by atoms with Gasteiger partial charge in [0.05, 0.1) is 24.0 Å². The van der Waals surface area contributed by atoms with E-state index in [-0.39, 0.29) is 31.2 Å². The van der Waals surface area contributed by atoms with Crippen molar-refractivity contribution in [2.45, 2.75) is 19.1 Å². The predicted molar refractivity (Wildman–Crippen MR) is 89.7 cm³/mol. The maximum atomic E-state index is 13.5. The first-order valence-electron chi connectivity index (χ1n) is 8.05. The first-order valence-corrected chi connectivity index (χ1v) is 8.05. The van der Waals surface area contributed by atoms with Gasteiger partial charge in [0, 0.05) is 18.9 Å².